The fourth-order valence-electron chi connectivity index (χ4n) is 0.374. The molecule has 0 unspecified atom stereocenters. The molecule has 0 aromatic carbocycles. The summed E-state index contributed by atoms with van der Waals surface area (Å²) in [5.74, 6) is -1.30. The van der Waals surface area contributed by atoms with Crippen LogP contribution < -0.4 is 0 Å². The molecule has 0 N–H and O–H groups in total. The average Bonchev–Trinajstić information content (AvgIpc) is 1.60. The quantitative estimate of drug-likeness (QED) is 0.467. The van der Waals surface area contributed by atoms with E-state index < -0.39 is 11.2 Å². The first-order valence-corrected chi connectivity index (χ1v) is 2.96. The topological polar surface area (TPSA) is 17.1 Å². The van der Waals surface area contributed by atoms with E-state index in [4.69, 9.17) is 0 Å². The normalized spacial score (nSPS) is 11.2. The van der Waals surface area contributed by atoms with Gasteiger partial charge in [0.25, 0.3) is 0 Å². The third kappa shape index (κ3) is 3.56. The molecule has 1 nitrogen and oxygen atoms in total. The fourth-order valence-corrected chi connectivity index (χ4v) is 0.441. The second-order valence-electron chi connectivity index (χ2n) is 2.05. The maximum Gasteiger partial charge on any atom is 0.380 e. The minimum atomic E-state index is -3.74. The summed E-state index contributed by atoms with van der Waals surface area (Å²) in [6, 6.07) is 0. The van der Waals surface area contributed by atoms with Crippen molar-refractivity contribution in [2.24, 2.45) is 0 Å². The van der Waals surface area contributed by atoms with Gasteiger partial charge in [-0.1, -0.05) is 12.2 Å². The monoisotopic (exact) mass is 168 g/mol. The summed E-state index contributed by atoms with van der Waals surface area (Å²) in [5.41, 5.74) is 0.380. The molecule has 0 heterocycles. The summed E-state index contributed by atoms with van der Waals surface area (Å²) in [6.07, 6.45) is -0.365. The highest BCUT2D eigenvalue weighted by Crippen LogP contribution is 2.22. The smallest absolute Gasteiger partial charge is 0.291 e. The van der Waals surface area contributed by atoms with Gasteiger partial charge in [-0.25, -0.2) is 0 Å². The number of allylic oxidation sites excluding steroid dienone is 1. The number of hydrogen-bond acceptors (Lipinski definition) is 1. The summed E-state index contributed by atoms with van der Waals surface area (Å²) >= 11 is 4.40. The van der Waals surface area contributed by atoms with Crippen molar-refractivity contribution >= 4 is 17.4 Å². The van der Waals surface area contributed by atoms with Gasteiger partial charge in [-0.15, -0.1) is 0 Å². The number of rotatable bonds is 3. The van der Waals surface area contributed by atoms with Crippen LogP contribution in [0.2, 0.25) is 0 Å². The van der Waals surface area contributed by atoms with Crippen molar-refractivity contribution in [3.8, 4) is 0 Å². The van der Waals surface area contributed by atoms with E-state index in [1.54, 1.807) is 0 Å². The summed E-state index contributed by atoms with van der Waals surface area (Å²) in [4.78, 5) is 10.3. The van der Waals surface area contributed by atoms with Gasteiger partial charge in [0.2, 0.25) is 5.78 Å². The van der Waals surface area contributed by atoms with Crippen LogP contribution in [-0.4, -0.2) is 11.2 Å². The molecule has 0 aromatic heterocycles. The zero-order valence-corrected chi connectivity index (χ0v) is 6.21. The highest BCUT2D eigenvalue weighted by Gasteiger charge is 2.34. The summed E-state index contributed by atoms with van der Waals surface area (Å²) in [7, 11) is 0. The second kappa shape index (κ2) is 3.10. The van der Waals surface area contributed by atoms with Crippen LogP contribution >= 0.6 is 11.6 Å². The van der Waals surface area contributed by atoms with E-state index in [0.717, 1.165) is 0 Å². The number of hydrogen-bond donors (Lipinski definition) is 0. The zero-order valence-electron chi connectivity index (χ0n) is 5.46. The Morgan fingerprint density at radius 3 is 2.20 bits per heavy atom. The molecule has 0 radical (unpaired) electrons. The van der Waals surface area contributed by atoms with Crippen LogP contribution in [-0.2, 0) is 4.79 Å². The number of halogens is 3. The molecule has 0 spiro atoms. The van der Waals surface area contributed by atoms with Crippen LogP contribution in [0, 0.1) is 0 Å². The molecule has 0 aliphatic carbocycles. The molecule has 0 saturated heterocycles. The molecule has 58 valence electrons. The minimum absolute atomic E-state index is 0.365. The van der Waals surface area contributed by atoms with Crippen molar-refractivity contribution in [1.29, 1.82) is 0 Å². The molecule has 0 aliphatic rings. The first-order valence-electron chi connectivity index (χ1n) is 2.58. The minimum Gasteiger partial charge on any atom is -0.291 e. The van der Waals surface area contributed by atoms with E-state index in [9.17, 15) is 13.6 Å². The Morgan fingerprint density at radius 2 is 2.10 bits per heavy atom. The Bertz CT molecular complexity index is 160. The Hall–Kier alpha value is -0.440. The molecule has 0 aliphatic heterocycles. The Kier molecular flexibility index (Phi) is 2.96. The van der Waals surface area contributed by atoms with Crippen LogP contribution in [0.3, 0.4) is 0 Å². The van der Waals surface area contributed by atoms with Crippen molar-refractivity contribution in [3.05, 3.63) is 12.2 Å². The lowest BCUT2D eigenvalue weighted by atomic mass is 10.2. The van der Waals surface area contributed by atoms with Gasteiger partial charge in [-0.2, -0.15) is 8.78 Å². The summed E-state index contributed by atoms with van der Waals surface area (Å²) in [5, 5.41) is -3.74. The molecule has 4 heteroatoms. The standard InChI is InChI=1S/C6H7ClF2O/c1-4(2)3-5(10)6(7,8)9/h1,3H2,2H3. The third-order valence-corrected chi connectivity index (χ3v) is 0.989. The molecular formula is C6H7ClF2O. The lowest BCUT2D eigenvalue weighted by Crippen LogP contribution is -2.20. The van der Waals surface area contributed by atoms with Gasteiger partial charge < -0.3 is 0 Å². The molecular weight excluding hydrogens is 162 g/mol. The lowest BCUT2D eigenvalue weighted by Gasteiger charge is -2.04. The summed E-state index contributed by atoms with van der Waals surface area (Å²) < 4.78 is 23.7. The molecule has 0 amide bonds. The largest absolute Gasteiger partial charge is 0.380 e. The van der Waals surface area contributed by atoms with Crippen LogP contribution in [0.25, 0.3) is 0 Å². The molecule has 0 aromatic rings. The van der Waals surface area contributed by atoms with E-state index in [-0.39, 0.29) is 6.42 Å². The predicted octanol–water partition coefficient (Wildman–Crippen LogP) is 2.35. The maximum atomic E-state index is 11.9. The third-order valence-electron chi connectivity index (χ3n) is 0.779. The number of alkyl halides is 3. The number of carbonyl (C=O) groups is 1. The Balaban J connectivity index is 3.99. The van der Waals surface area contributed by atoms with E-state index in [0.29, 0.717) is 5.57 Å². The molecule has 0 fully saturated rings. The van der Waals surface area contributed by atoms with E-state index in [1.807, 2.05) is 0 Å². The average molecular weight is 169 g/mol. The van der Waals surface area contributed by atoms with Crippen molar-refractivity contribution < 1.29 is 13.6 Å². The van der Waals surface area contributed by atoms with Crippen LogP contribution in [0.5, 0.6) is 0 Å². The molecule has 0 bridgehead atoms. The van der Waals surface area contributed by atoms with Crippen LogP contribution in [0.4, 0.5) is 8.78 Å². The summed E-state index contributed by atoms with van der Waals surface area (Å²) in [6.45, 7) is 4.78. The first kappa shape index (κ1) is 9.56. The SMILES string of the molecule is C=C(C)CC(=O)C(F)(F)Cl. The maximum absolute atomic E-state index is 11.9. The van der Waals surface area contributed by atoms with Gasteiger partial charge in [-0.05, 0) is 18.5 Å². The Labute approximate surface area is 62.7 Å². The van der Waals surface area contributed by atoms with Gasteiger partial charge in [0.1, 0.15) is 0 Å². The van der Waals surface area contributed by atoms with E-state index in [1.165, 1.54) is 6.92 Å². The first-order chi connectivity index (χ1) is 4.34. The van der Waals surface area contributed by atoms with Gasteiger partial charge >= 0.3 is 5.38 Å². The van der Waals surface area contributed by atoms with E-state index in [2.05, 4.69) is 18.2 Å². The fraction of sp³-hybridized carbons (Fsp3) is 0.500. The molecule has 10 heavy (non-hydrogen) atoms. The van der Waals surface area contributed by atoms with Crippen molar-refractivity contribution in [2.45, 2.75) is 18.7 Å². The lowest BCUT2D eigenvalue weighted by molar-refractivity contribution is -0.132. The number of Topliss-reactive ketones (excluding diaryl/α,β-unsaturated/α-hetero) is 1. The molecule has 0 saturated carbocycles. The van der Waals surface area contributed by atoms with E-state index >= 15 is 0 Å². The van der Waals surface area contributed by atoms with Crippen LogP contribution in [0.1, 0.15) is 13.3 Å². The van der Waals surface area contributed by atoms with Gasteiger partial charge in [-0.3, -0.25) is 4.79 Å². The Morgan fingerprint density at radius 1 is 1.70 bits per heavy atom. The van der Waals surface area contributed by atoms with Gasteiger partial charge in [0.05, 0.1) is 0 Å². The zero-order chi connectivity index (χ0) is 8.36. The van der Waals surface area contributed by atoms with Crippen molar-refractivity contribution in [1.82, 2.24) is 0 Å². The second-order valence-corrected chi connectivity index (χ2v) is 2.53. The molecule has 0 atom stereocenters. The highest BCUT2D eigenvalue weighted by molar-refractivity contribution is 6.32. The van der Waals surface area contributed by atoms with Gasteiger partial charge in [0, 0.05) is 6.42 Å². The predicted molar refractivity (Wildman–Crippen MR) is 35.2 cm³/mol. The molecule has 0 rings (SSSR count). The van der Waals surface area contributed by atoms with Crippen molar-refractivity contribution in [3.63, 3.8) is 0 Å². The van der Waals surface area contributed by atoms with Crippen molar-refractivity contribution in [2.75, 3.05) is 0 Å². The number of ketones is 1. The van der Waals surface area contributed by atoms with Gasteiger partial charge in [0.15, 0.2) is 0 Å². The number of carbonyl (C=O) groups excluding carboxylic acids is 1. The van der Waals surface area contributed by atoms with Crippen LogP contribution in [0.15, 0.2) is 12.2 Å². The highest BCUT2D eigenvalue weighted by atomic mass is 35.5.